The summed E-state index contributed by atoms with van der Waals surface area (Å²) in [7, 11) is 1.33. The molecular formula is C19H25NO6. The van der Waals surface area contributed by atoms with E-state index in [1.807, 2.05) is 19.1 Å². The molecule has 1 aromatic rings. The maximum atomic E-state index is 11.7. The molecular weight excluding hydrogens is 338 g/mol. The van der Waals surface area contributed by atoms with Crippen LogP contribution in [0.2, 0.25) is 0 Å². The Kier molecular flexibility index (Phi) is 7.17. The number of carbonyl (C=O) groups excluding carboxylic acids is 2. The van der Waals surface area contributed by atoms with E-state index < -0.39 is 18.2 Å². The second-order valence-corrected chi connectivity index (χ2v) is 6.01. The van der Waals surface area contributed by atoms with Gasteiger partial charge in [0.05, 0.1) is 12.7 Å². The molecule has 0 saturated carbocycles. The Morgan fingerprint density at radius 3 is 2.50 bits per heavy atom. The highest BCUT2D eigenvalue weighted by atomic mass is 16.7. The van der Waals surface area contributed by atoms with Gasteiger partial charge in [0.1, 0.15) is 0 Å². The molecule has 1 aliphatic rings. The lowest BCUT2D eigenvalue weighted by Gasteiger charge is -2.36. The van der Waals surface area contributed by atoms with Crippen molar-refractivity contribution in [2.45, 2.75) is 32.0 Å². The number of hydrogen-bond donors (Lipinski definition) is 2. The predicted octanol–water partition coefficient (Wildman–Crippen LogP) is 1.71. The number of allylic oxidation sites excluding steroid dienone is 1. The van der Waals surface area contributed by atoms with Crippen molar-refractivity contribution in [3.05, 3.63) is 47.2 Å². The summed E-state index contributed by atoms with van der Waals surface area (Å²) < 4.78 is 16.0. The number of primary amides is 1. The van der Waals surface area contributed by atoms with Gasteiger partial charge in [-0.2, -0.15) is 0 Å². The lowest BCUT2D eigenvalue weighted by atomic mass is 9.80. The van der Waals surface area contributed by atoms with Crippen molar-refractivity contribution in [2.24, 2.45) is 11.7 Å². The fourth-order valence-electron chi connectivity index (χ4n) is 3.12. The molecule has 0 aliphatic carbocycles. The van der Waals surface area contributed by atoms with Crippen molar-refractivity contribution >= 4 is 11.9 Å². The van der Waals surface area contributed by atoms with Gasteiger partial charge >= 0.3 is 5.97 Å². The van der Waals surface area contributed by atoms with Crippen LogP contribution in [0.25, 0.3) is 0 Å². The maximum Gasteiger partial charge on any atom is 0.337 e. The quantitative estimate of drug-likeness (QED) is 0.681. The van der Waals surface area contributed by atoms with Crippen molar-refractivity contribution in [1.29, 1.82) is 0 Å². The van der Waals surface area contributed by atoms with Crippen LogP contribution in [0.1, 0.15) is 41.6 Å². The van der Waals surface area contributed by atoms with Crippen LogP contribution in [0.15, 0.2) is 36.1 Å². The monoisotopic (exact) mass is 363 g/mol. The minimum atomic E-state index is -0.661. The van der Waals surface area contributed by atoms with Gasteiger partial charge in [-0.3, -0.25) is 4.79 Å². The third kappa shape index (κ3) is 4.62. The summed E-state index contributed by atoms with van der Waals surface area (Å²) in [5.41, 5.74) is 6.74. The zero-order valence-corrected chi connectivity index (χ0v) is 15.0. The van der Waals surface area contributed by atoms with Gasteiger partial charge in [0.2, 0.25) is 6.29 Å². The van der Waals surface area contributed by atoms with Gasteiger partial charge in [-0.1, -0.05) is 12.1 Å². The van der Waals surface area contributed by atoms with Gasteiger partial charge in [0.15, 0.2) is 5.76 Å². The standard InChI is InChI=1S/C19H25NO6/c1-3-25-19-14(5-4-10-21)15(11-16(26-19)17(20)22)12-6-8-13(9-7-12)18(23)24-2/h6-9,11,14-15,19,21H,3-5,10H2,1-2H3,(H2,20,22)/t14-,15+,19+/m1/s1. The minimum absolute atomic E-state index is 0.0513. The van der Waals surface area contributed by atoms with Crippen molar-refractivity contribution in [1.82, 2.24) is 0 Å². The molecule has 7 heteroatoms. The van der Waals surface area contributed by atoms with Gasteiger partial charge < -0.3 is 25.1 Å². The van der Waals surface area contributed by atoms with Crippen LogP contribution in [0.4, 0.5) is 0 Å². The Bertz CT molecular complexity index is 654. The highest BCUT2D eigenvalue weighted by Crippen LogP contribution is 2.39. The molecule has 1 amide bonds. The fraction of sp³-hybridized carbons (Fsp3) is 0.474. The molecule has 1 aromatic carbocycles. The molecule has 7 nitrogen and oxygen atoms in total. The van der Waals surface area contributed by atoms with E-state index >= 15 is 0 Å². The minimum Gasteiger partial charge on any atom is -0.465 e. The number of rotatable bonds is 8. The zero-order valence-electron chi connectivity index (χ0n) is 15.0. The van der Waals surface area contributed by atoms with E-state index in [4.69, 9.17) is 19.9 Å². The molecule has 0 aromatic heterocycles. The number of nitrogens with two attached hydrogens (primary N) is 1. The zero-order chi connectivity index (χ0) is 19.1. The van der Waals surface area contributed by atoms with Crippen LogP contribution in [0.5, 0.6) is 0 Å². The van der Waals surface area contributed by atoms with E-state index in [2.05, 4.69) is 0 Å². The van der Waals surface area contributed by atoms with E-state index in [0.717, 1.165) is 5.56 Å². The summed E-state index contributed by atoms with van der Waals surface area (Å²) in [4.78, 5) is 23.3. The molecule has 1 aliphatic heterocycles. The Morgan fingerprint density at radius 1 is 1.27 bits per heavy atom. The molecule has 1 heterocycles. The Labute approximate surface area is 152 Å². The molecule has 0 bridgehead atoms. The number of amides is 1. The highest BCUT2D eigenvalue weighted by molar-refractivity contribution is 5.90. The van der Waals surface area contributed by atoms with E-state index in [1.54, 1.807) is 18.2 Å². The van der Waals surface area contributed by atoms with Crippen molar-refractivity contribution < 1.29 is 28.9 Å². The van der Waals surface area contributed by atoms with Crippen LogP contribution >= 0.6 is 0 Å². The SMILES string of the molecule is CCO[C@H]1OC(C(N)=O)=C[C@@H](c2ccc(C(=O)OC)cc2)[C@H]1CCCO. The number of esters is 1. The topological polar surface area (TPSA) is 108 Å². The van der Waals surface area contributed by atoms with Crippen molar-refractivity contribution in [3.8, 4) is 0 Å². The third-order valence-electron chi connectivity index (χ3n) is 4.37. The first-order valence-electron chi connectivity index (χ1n) is 8.60. The summed E-state index contributed by atoms with van der Waals surface area (Å²) in [6.45, 7) is 2.31. The molecule has 0 fully saturated rings. The van der Waals surface area contributed by atoms with E-state index in [1.165, 1.54) is 7.11 Å². The Hall–Kier alpha value is -2.38. The molecule has 3 N–H and O–H groups in total. The lowest BCUT2D eigenvalue weighted by Crippen LogP contribution is -2.37. The Balaban J connectivity index is 2.38. The molecule has 0 spiro atoms. The lowest BCUT2D eigenvalue weighted by molar-refractivity contribution is -0.165. The van der Waals surface area contributed by atoms with Gasteiger partial charge in [0.25, 0.3) is 5.91 Å². The van der Waals surface area contributed by atoms with Gasteiger partial charge in [-0.15, -0.1) is 0 Å². The van der Waals surface area contributed by atoms with Crippen LogP contribution in [0.3, 0.4) is 0 Å². The Morgan fingerprint density at radius 2 is 1.96 bits per heavy atom. The van der Waals surface area contributed by atoms with Gasteiger partial charge in [-0.05, 0) is 43.5 Å². The molecule has 142 valence electrons. The summed E-state index contributed by atoms with van der Waals surface area (Å²) in [6, 6.07) is 6.97. The number of carbonyl (C=O) groups is 2. The molecule has 0 saturated heterocycles. The van der Waals surface area contributed by atoms with Crippen LogP contribution < -0.4 is 5.73 Å². The maximum absolute atomic E-state index is 11.7. The number of hydrogen-bond acceptors (Lipinski definition) is 6. The molecule has 0 unspecified atom stereocenters. The molecule has 3 atom stereocenters. The smallest absolute Gasteiger partial charge is 0.337 e. The number of aliphatic hydroxyl groups is 1. The highest BCUT2D eigenvalue weighted by Gasteiger charge is 2.37. The van der Waals surface area contributed by atoms with E-state index in [0.29, 0.717) is 25.0 Å². The van der Waals surface area contributed by atoms with E-state index in [-0.39, 0.29) is 24.2 Å². The second kappa shape index (κ2) is 9.35. The summed E-state index contributed by atoms with van der Waals surface area (Å²) in [5, 5.41) is 9.21. The van der Waals surface area contributed by atoms with Crippen LogP contribution in [0, 0.1) is 5.92 Å². The fourth-order valence-corrected chi connectivity index (χ4v) is 3.12. The number of aliphatic hydroxyl groups excluding tert-OH is 1. The summed E-state index contributed by atoms with van der Waals surface area (Å²) in [5.74, 6) is -1.31. The van der Waals surface area contributed by atoms with Crippen molar-refractivity contribution in [2.75, 3.05) is 20.3 Å². The third-order valence-corrected chi connectivity index (χ3v) is 4.37. The van der Waals surface area contributed by atoms with Crippen LogP contribution in [-0.2, 0) is 19.0 Å². The number of benzene rings is 1. The molecule has 2 rings (SSSR count). The molecule has 0 radical (unpaired) electrons. The summed E-state index contributed by atoms with van der Waals surface area (Å²) in [6.07, 6.45) is 2.28. The predicted molar refractivity (Wildman–Crippen MR) is 94.1 cm³/mol. The van der Waals surface area contributed by atoms with Crippen molar-refractivity contribution in [3.63, 3.8) is 0 Å². The number of ether oxygens (including phenoxy) is 3. The average Bonchev–Trinajstić information content (AvgIpc) is 2.66. The van der Waals surface area contributed by atoms with Crippen LogP contribution in [-0.4, -0.2) is 43.6 Å². The van der Waals surface area contributed by atoms with E-state index in [9.17, 15) is 14.7 Å². The normalized spacial score (nSPS) is 22.3. The number of methoxy groups -OCH3 is 1. The summed E-state index contributed by atoms with van der Waals surface area (Å²) >= 11 is 0. The first-order chi connectivity index (χ1) is 12.5. The largest absolute Gasteiger partial charge is 0.465 e. The van der Waals surface area contributed by atoms with Gasteiger partial charge in [-0.25, -0.2) is 4.79 Å². The van der Waals surface area contributed by atoms with Gasteiger partial charge in [0, 0.05) is 25.0 Å². The second-order valence-electron chi connectivity index (χ2n) is 6.01. The first-order valence-corrected chi connectivity index (χ1v) is 8.60. The first kappa shape index (κ1) is 19.9. The average molecular weight is 363 g/mol. The molecule has 26 heavy (non-hydrogen) atoms.